The van der Waals surface area contributed by atoms with Crippen LogP contribution in [-0.4, -0.2) is 31.9 Å². The molecule has 0 N–H and O–H groups in total. The first-order valence-electron chi connectivity index (χ1n) is 10.8. The van der Waals surface area contributed by atoms with E-state index in [1.165, 1.54) is 17.1 Å². The summed E-state index contributed by atoms with van der Waals surface area (Å²) < 4.78 is 34.7. The maximum absolute atomic E-state index is 12.7. The van der Waals surface area contributed by atoms with Crippen LogP contribution in [0.3, 0.4) is 0 Å². The van der Waals surface area contributed by atoms with Crippen molar-refractivity contribution in [1.29, 1.82) is 0 Å². The smallest absolute Gasteiger partial charge is 0.258 e. The zero-order valence-electron chi connectivity index (χ0n) is 17.8. The molecule has 5 rings (SSSR count). The molecule has 6 nitrogen and oxygen atoms in total. The first-order chi connectivity index (χ1) is 14.9. The van der Waals surface area contributed by atoms with E-state index < -0.39 is 10.0 Å². The van der Waals surface area contributed by atoms with Crippen LogP contribution in [0.1, 0.15) is 25.3 Å². The largest absolute Gasteiger partial charge is 0.493 e. The summed E-state index contributed by atoms with van der Waals surface area (Å²) in [7, 11) is -1.62. The molecule has 162 valence electrons. The highest BCUT2D eigenvalue weighted by Gasteiger charge is 2.31. The number of hydrogen-bond acceptors (Lipinski definition) is 4. The van der Waals surface area contributed by atoms with Gasteiger partial charge in [0.05, 0.1) is 18.0 Å². The second-order valence-corrected chi connectivity index (χ2v) is 10.6. The number of rotatable bonds is 6. The number of hydrogen-bond donors (Lipinski definition) is 0. The number of sulfonamides is 1. The molecule has 2 aromatic carbocycles. The summed E-state index contributed by atoms with van der Waals surface area (Å²) >= 11 is 0. The van der Waals surface area contributed by atoms with E-state index in [-0.39, 0.29) is 11.3 Å². The average Bonchev–Trinajstić information content (AvgIpc) is 3.51. The van der Waals surface area contributed by atoms with Gasteiger partial charge >= 0.3 is 0 Å². The Morgan fingerprint density at radius 3 is 2.55 bits per heavy atom. The lowest BCUT2D eigenvalue weighted by molar-refractivity contribution is 0.301. The molecule has 0 amide bonds. The number of anilines is 1. The second-order valence-electron chi connectivity index (χ2n) is 8.46. The topological polar surface area (TPSA) is 68.6 Å². The summed E-state index contributed by atoms with van der Waals surface area (Å²) in [6, 6.07) is 11.5. The fraction of sp³-hybridized carbons (Fsp3) is 0.375. The number of benzene rings is 2. The van der Waals surface area contributed by atoms with Gasteiger partial charge in [0, 0.05) is 36.3 Å². The van der Waals surface area contributed by atoms with Crippen molar-refractivity contribution < 1.29 is 13.2 Å². The van der Waals surface area contributed by atoms with Crippen LogP contribution < -0.4 is 14.6 Å². The van der Waals surface area contributed by atoms with Crippen molar-refractivity contribution in [3.05, 3.63) is 58.5 Å². The van der Waals surface area contributed by atoms with Gasteiger partial charge in [-0.1, -0.05) is 18.2 Å². The highest BCUT2D eigenvalue weighted by molar-refractivity contribution is 7.92. The van der Waals surface area contributed by atoms with Crippen molar-refractivity contribution in [1.82, 2.24) is 4.57 Å². The Morgan fingerprint density at radius 1 is 1.10 bits per heavy atom. The zero-order valence-corrected chi connectivity index (χ0v) is 18.6. The molecule has 0 bridgehead atoms. The maximum Gasteiger partial charge on any atom is 0.258 e. The molecule has 31 heavy (non-hydrogen) atoms. The highest BCUT2D eigenvalue weighted by Crippen LogP contribution is 2.43. The van der Waals surface area contributed by atoms with E-state index in [1.54, 1.807) is 18.5 Å². The lowest BCUT2D eigenvalue weighted by Gasteiger charge is -2.21. The van der Waals surface area contributed by atoms with Gasteiger partial charge in [-0.2, -0.15) is 0 Å². The van der Waals surface area contributed by atoms with E-state index in [1.807, 2.05) is 42.6 Å². The van der Waals surface area contributed by atoms with Crippen LogP contribution in [0.5, 0.6) is 5.75 Å². The normalized spacial score (nSPS) is 16.0. The molecule has 2 heterocycles. The molecule has 0 radical (unpaired) electrons. The fourth-order valence-electron chi connectivity index (χ4n) is 4.28. The molecule has 0 atom stereocenters. The number of nitrogens with zero attached hydrogens (tertiary/aromatic N) is 2. The number of aromatic nitrogens is 1. The van der Waals surface area contributed by atoms with Gasteiger partial charge in [0.25, 0.3) is 5.56 Å². The van der Waals surface area contributed by atoms with Crippen LogP contribution in [0.25, 0.3) is 21.9 Å². The molecule has 1 fully saturated rings. The molecule has 1 aliphatic heterocycles. The van der Waals surface area contributed by atoms with E-state index in [0.29, 0.717) is 36.6 Å². The summed E-state index contributed by atoms with van der Waals surface area (Å²) in [5.41, 5.74) is 3.34. The van der Waals surface area contributed by atoms with E-state index in [2.05, 4.69) is 0 Å². The number of pyridine rings is 1. The minimum atomic E-state index is -3.36. The van der Waals surface area contributed by atoms with Gasteiger partial charge in [-0.25, -0.2) is 8.42 Å². The predicted molar refractivity (Wildman–Crippen MR) is 123 cm³/mol. The van der Waals surface area contributed by atoms with Crippen molar-refractivity contribution in [2.45, 2.75) is 26.2 Å². The first kappa shape index (κ1) is 20.1. The Morgan fingerprint density at radius 2 is 1.84 bits per heavy atom. The van der Waals surface area contributed by atoms with Crippen LogP contribution >= 0.6 is 0 Å². The Kier molecular flexibility index (Phi) is 4.81. The lowest BCUT2D eigenvalue weighted by atomic mass is 9.97. The van der Waals surface area contributed by atoms with Crippen molar-refractivity contribution in [3.63, 3.8) is 0 Å². The summed E-state index contributed by atoms with van der Waals surface area (Å²) in [6.07, 6.45) is 4.86. The van der Waals surface area contributed by atoms with Crippen molar-refractivity contribution in [3.8, 4) is 16.9 Å². The Hall–Kier alpha value is -2.80. The van der Waals surface area contributed by atoms with E-state index in [4.69, 9.17) is 4.74 Å². The molecule has 7 heteroatoms. The molecule has 0 saturated heterocycles. The summed E-state index contributed by atoms with van der Waals surface area (Å²) in [6.45, 7) is 2.78. The average molecular weight is 439 g/mol. The number of fused-ring (bicyclic) bond motifs is 2. The highest BCUT2D eigenvalue weighted by atomic mass is 32.2. The molecule has 1 aliphatic carbocycles. The Balaban J connectivity index is 1.74. The van der Waals surface area contributed by atoms with E-state index in [0.717, 1.165) is 27.8 Å². The van der Waals surface area contributed by atoms with Crippen molar-refractivity contribution >= 4 is 26.5 Å². The Bertz CT molecular complexity index is 1340. The van der Waals surface area contributed by atoms with Gasteiger partial charge in [0.15, 0.2) is 0 Å². The first-order valence-corrected chi connectivity index (χ1v) is 12.4. The monoisotopic (exact) mass is 438 g/mol. The standard InChI is InChI=1S/C24H26N2O4S/c1-3-31(28,29)26-11-10-17-12-23(30-15-16-8-9-16)20(13-22(17)26)21-14-25(2)24(27)19-7-5-4-6-18(19)21/h4-7,12-14,16H,3,8-11,15H2,1-2H3. The van der Waals surface area contributed by atoms with Gasteiger partial charge in [-0.3, -0.25) is 9.10 Å². The van der Waals surface area contributed by atoms with Gasteiger partial charge in [0.2, 0.25) is 10.0 Å². The summed E-state index contributed by atoms with van der Waals surface area (Å²) in [4.78, 5) is 12.7. The minimum absolute atomic E-state index is 0.0591. The zero-order chi connectivity index (χ0) is 21.8. The third kappa shape index (κ3) is 3.51. The number of ether oxygens (including phenoxy) is 1. The van der Waals surface area contributed by atoms with Gasteiger partial charge in [0.1, 0.15) is 5.75 Å². The van der Waals surface area contributed by atoms with Crippen LogP contribution in [0.15, 0.2) is 47.4 Å². The summed E-state index contributed by atoms with van der Waals surface area (Å²) in [5.74, 6) is 1.41. The fourth-order valence-corrected chi connectivity index (χ4v) is 5.43. The van der Waals surface area contributed by atoms with Gasteiger partial charge < -0.3 is 9.30 Å². The molecular formula is C24H26N2O4S. The molecule has 3 aromatic rings. The third-order valence-electron chi connectivity index (χ3n) is 6.29. The molecule has 1 saturated carbocycles. The molecule has 0 spiro atoms. The van der Waals surface area contributed by atoms with Crippen LogP contribution in [0.4, 0.5) is 5.69 Å². The van der Waals surface area contributed by atoms with E-state index >= 15 is 0 Å². The Labute approximate surface area is 182 Å². The van der Waals surface area contributed by atoms with Crippen LogP contribution in [0.2, 0.25) is 0 Å². The van der Waals surface area contributed by atoms with Crippen LogP contribution in [-0.2, 0) is 23.5 Å². The predicted octanol–water partition coefficient (Wildman–Crippen LogP) is 3.71. The molecule has 1 aromatic heterocycles. The van der Waals surface area contributed by atoms with Crippen molar-refractivity contribution in [2.24, 2.45) is 13.0 Å². The maximum atomic E-state index is 12.7. The third-order valence-corrected chi connectivity index (χ3v) is 8.07. The quantitative estimate of drug-likeness (QED) is 0.588. The molecular weight excluding hydrogens is 412 g/mol. The second kappa shape index (κ2) is 7.41. The van der Waals surface area contributed by atoms with Crippen LogP contribution in [0, 0.1) is 5.92 Å². The van der Waals surface area contributed by atoms with E-state index in [9.17, 15) is 13.2 Å². The lowest BCUT2D eigenvalue weighted by Crippen LogP contribution is -2.30. The summed E-state index contributed by atoms with van der Waals surface area (Å²) in [5, 5.41) is 1.47. The molecule has 0 unspecified atom stereocenters. The molecule has 2 aliphatic rings. The number of aryl methyl sites for hydroxylation is 1. The van der Waals surface area contributed by atoms with Crippen molar-refractivity contribution in [2.75, 3.05) is 23.2 Å². The van der Waals surface area contributed by atoms with Gasteiger partial charge in [-0.15, -0.1) is 0 Å². The minimum Gasteiger partial charge on any atom is -0.493 e. The SMILES string of the molecule is CCS(=O)(=O)N1CCc2cc(OCC3CC3)c(-c3cn(C)c(=O)c4ccccc34)cc21. The van der Waals surface area contributed by atoms with Gasteiger partial charge in [-0.05, 0) is 61.3 Å².